The Bertz CT molecular complexity index is 1340. The van der Waals surface area contributed by atoms with Crippen LogP contribution in [0.2, 0.25) is 0 Å². The van der Waals surface area contributed by atoms with Crippen molar-refractivity contribution in [2.45, 2.75) is 19.4 Å². The molecule has 0 amide bonds. The average Bonchev–Trinajstić information content (AvgIpc) is 2.87. The van der Waals surface area contributed by atoms with Crippen LogP contribution in [0, 0.1) is 11.8 Å². The topological polar surface area (TPSA) is 84.3 Å². The second-order valence-corrected chi connectivity index (χ2v) is 9.54. The molecule has 8 heteroatoms. The first-order valence-electron chi connectivity index (χ1n) is 11.7. The van der Waals surface area contributed by atoms with Gasteiger partial charge in [-0.15, -0.1) is 4.41 Å². The lowest BCUT2D eigenvalue weighted by Gasteiger charge is -2.41. The molecule has 2 atom stereocenters. The number of nitrogens with zero attached hydrogens (tertiary/aromatic N) is 3. The molecule has 1 aliphatic rings. The van der Waals surface area contributed by atoms with Gasteiger partial charge in [-0.05, 0) is 59.7 Å². The molecule has 3 aromatic carbocycles. The lowest BCUT2D eigenvalue weighted by molar-refractivity contribution is -0.139. The summed E-state index contributed by atoms with van der Waals surface area (Å²) in [4.78, 5) is 13.2. The minimum absolute atomic E-state index is 0.205. The number of aliphatic carboxylic acids is 1. The predicted molar refractivity (Wildman–Crippen MR) is 145 cm³/mol. The van der Waals surface area contributed by atoms with Gasteiger partial charge in [0.25, 0.3) is 0 Å². The van der Waals surface area contributed by atoms with Gasteiger partial charge in [-0.1, -0.05) is 48.8 Å². The number of benzene rings is 3. The van der Waals surface area contributed by atoms with E-state index in [0.29, 0.717) is 26.2 Å². The molecule has 3 aromatic rings. The Morgan fingerprint density at radius 3 is 2.39 bits per heavy atom. The first-order chi connectivity index (χ1) is 17.4. The number of carbonyl (C=O) groups is 1. The van der Waals surface area contributed by atoms with Gasteiger partial charge >= 0.3 is 5.97 Å². The fourth-order valence-corrected chi connectivity index (χ4v) is 5.21. The lowest BCUT2D eigenvalue weighted by atomic mass is 10.0. The summed E-state index contributed by atoms with van der Waals surface area (Å²) in [6.45, 7) is 7.89. The summed E-state index contributed by atoms with van der Waals surface area (Å²) in [5.41, 5.74) is 4.00. The highest BCUT2D eigenvalue weighted by Gasteiger charge is 2.30. The van der Waals surface area contributed by atoms with Gasteiger partial charge in [0.1, 0.15) is 0 Å². The number of hydrogen-bond acceptors (Lipinski definition) is 4. The van der Waals surface area contributed by atoms with Crippen LogP contribution in [-0.2, 0) is 16.1 Å². The second-order valence-electron chi connectivity index (χ2n) is 8.70. The van der Waals surface area contributed by atoms with Crippen molar-refractivity contribution >= 4 is 39.8 Å². The quantitative estimate of drug-likeness (QED) is 0.371. The molecule has 1 aliphatic heterocycles. The molecule has 2 N–H and O–H groups in total. The van der Waals surface area contributed by atoms with Gasteiger partial charge in [-0.3, -0.25) is 9.35 Å². The molecular weight excluding hydrogens is 474 g/mol. The number of carboxylic acids is 1. The molecule has 36 heavy (non-hydrogen) atoms. The van der Waals surface area contributed by atoms with Crippen molar-refractivity contribution in [1.29, 1.82) is 0 Å². The van der Waals surface area contributed by atoms with E-state index in [-0.39, 0.29) is 6.42 Å². The minimum atomic E-state index is -2.28. The van der Waals surface area contributed by atoms with E-state index >= 15 is 0 Å². The Balaban J connectivity index is 1.41. The molecule has 1 saturated heterocycles. The summed E-state index contributed by atoms with van der Waals surface area (Å²) in [6.07, 6.45) is 1.65. The van der Waals surface area contributed by atoms with Gasteiger partial charge < -0.3 is 10.0 Å². The summed E-state index contributed by atoms with van der Waals surface area (Å²) in [7, 11) is 0. The summed E-state index contributed by atoms with van der Waals surface area (Å²) < 4.78 is 22.8. The number of rotatable bonds is 7. The molecule has 7 nitrogen and oxygen atoms in total. The van der Waals surface area contributed by atoms with Crippen LogP contribution in [0.4, 0.5) is 5.69 Å². The summed E-state index contributed by atoms with van der Waals surface area (Å²) in [5, 5.41) is 13.1. The summed E-state index contributed by atoms with van der Waals surface area (Å²) >= 11 is -2.28. The summed E-state index contributed by atoms with van der Waals surface area (Å²) in [5.74, 6) is 5.49. The summed E-state index contributed by atoms with van der Waals surface area (Å²) in [6, 6.07) is 19.8. The minimum Gasteiger partial charge on any atom is -0.481 e. The zero-order valence-corrected chi connectivity index (χ0v) is 20.9. The number of hydrazine groups is 1. The highest BCUT2D eigenvalue weighted by Crippen LogP contribution is 2.22. The molecule has 1 heterocycles. The van der Waals surface area contributed by atoms with Crippen LogP contribution < -0.4 is 4.90 Å². The van der Waals surface area contributed by atoms with Crippen LogP contribution in [0.1, 0.15) is 30.0 Å². The molecule has 0 spiro atoms. The number of anilines is 1. The van der Waals surface area contributed by atoms with Crippen molar-refractivity contribution < 1.29 is 18.7 Å². The predicted octanol–water partition coefficient (Wildman–Crippen LogP) is 4.22. The van der Waals surface area contributed by atoms with Crippen LogP contribution in [0.3, 0.4) is 0 Å². The Labute approximate surface area is 214 Å². The normalized spacial score (nSPS) is 15.8. The molecule has 0 aromatic heterocycles. The van der Waals surface area contributed by atoms with Crippen LogP contribution in [0.5, 0.6) is 0 Å². The monoisotopic (exact) mass is 503 g/mol. The second kappa shape index (κ2) is 11.5. The van der Waals surface area contributed by atoms with Crippen molar-refractivity contribution in [3.63, 3.8) is 0 Å². The molecule has 1 fully saturated rings. The fourth-order valence-electron chi connectivity index (χ4n) is 4.47. The maximum atomic E-state index is 11.8. The average molecular weight is 504 g/mol. The van der Waals surface area contributed by atoms with E-state index in [1.807, 2.05) is 48.5 Å². The van der Waals surface area contributed by atoms with Gasteiger partial charge in [-0.25, -0.2) is 9.22 Å². The van der Waals surface area contributed by atoms with Crippen LogP contribution in [0.25, 0.3) is 16.8 Å². The maximum Gasteiger partial charge on any atom is 0.305 e. The van der Waals surface area contributed by atoms with E-state index in [0.717, 1.165) is 33.2 Å². The highest BCUT2D eigenvalue weighted by atomic mass is 32.2. The Kier molecular flexibility index (Phi) is 8.18. The van der Waals surface area contributed by atoms with Gasteiger partial charge in [-0.2, -0.15) is 0 Å². The molecule has 0 radical (unpaired) electrons. The first-order valence-corrected chi connectivity index (χ1v) is 12.8. The van der Waals surface area contributed by atoms with Gasteiger partial charge in [0, 0.05) is 49.0 Å². The molecule has 4 rings (SSSR count). The maximum absolute atomic E-state index is 11.8. The number of fused-ring (bicyclic) bond motifs is 1. The molecule has 0 bridgehead atoms. The zero-order chi connectivity index (χ0) is 25.7. The standard InChI is InChI=1S/C28H29N3O4S/c1-3-24-5-4-6-25-12-9-23(20-27(24)25)8-7-22-10-13-26(14-11-22)29-15-17-30(18-16-29)31(36(34)35)21(2)19-28(32)33/h3-6,9-14,20-21H,1,15-19H2,2H3,(H,32,33)(H,34,35). The highest BCUT2D eigenvalue weighted by molar-refractivity contribution is 7.76. The van der Waals surface area contributed by atoms with E-state index in [4.69, 9.17) is 5.11 Å². The SMILES string of the molecule is C=Cc1cccc2ccc(C#Cc3ccc(N4CCN(N(C(C)CC(=O)O)S(=O)O)CC4)cc3)cc12. The van der Waals surface area contributed by atoms with Gasteiger partial charge in [0.15, 0.2) is 0 Å². The smallest absolute Gasteiger partial charge is 0.305 e. The van der Waals surface area contributed by atoms with Crippen LogP contribution in [-0.4, -0.2) is 61.5 Å². The lowest BCUT2D eigenvalue weighted by Crippen LogP contribution is -2.57. The fraction of sp³-hybridized carbons (Fsp3) is 0.250. The first kappa shape index (κ1) is 25.6. The molecular formula is C28H29N3O4S. The van der Waals surface area contributed by atoms with Crippen molar-refractivity contribution in [1.82, 2.24) is 9.42 Å². The Morgan fingerprint density at radius 1 is 1.08 bits per heavy atom. The largest absolute Gasteiger partial charge is 0.481 e. The molecule has 186 valence electrons. The molecule has 0 aliphatic carbocycles. The Morgan fingerprint density at radius 2 is 1.75 bits per heavy atom. The van der Waals surface area contributed by atoms with E-state index in [1.165, 1.54) is 4.41 Å². The van der Waals surface area contributed by atoms with Gasteiger partial charge in [0.2, 0.25) is 11.3 Å². The van der Waals surface area contributed by atoms with E-state index < -0.39 is 23.3 Å². The number of carboxylic acid groups (broad SMARTS) is 1. The van der Waals surface area contributed by atoms with Crippen LogP contribution in [0.15, 0.2) is 67.2 Å². The van der Waals surface area contributed by atoms with Crippen molar-refractivity contribution in [3.05, 3.63) is 83.9 Å². The molecule has 0 saturated carbocycles. The Hall–Kier alpha value is -3.48. The molecule has 2 unspecified atom stereocenters. The van der Waals surface area contributed by atoms with Crippen molar-refractivity contribution in [2.75, 3.05) is 31.1 Å². The van der Waals surface area contributed by atoms with E-state index in [9.17, 15) is 13.6 Å². The van der Waals surface area contributed by atoms with E-state index in [1.54, 1.807) is 11.9 Å². The van der Waals surface area contributed by atoms with Gasteiger partial charge in [0.05, 0.1) is 6.42 Å². The third kappa shape index (κ3) is 6.01. The van der Waals surface area contributed by atoms with Crippen LogP contribution >= 0.6 is 0 Å². The number of piperazine rings is 1. The zero-order valence-electron chi connectivity index (χ0n) is 20.1. The van der Waals surface area contributed by atoms with E-state index in [2.05, 4.69) is 41.5 Å². The van der Waals surface area contributed by atoms with Crippen molar-refractivity contribution in [2.24, 2.45) is 0 Å². The third-order valence-corrected chi connectivity index (χ3v) is 7.17. The number of hydrogen-bond donors (Lipinski definition) is 2. The van der Waals surface area contributed by atoms with Crippen molar-refractivity contribution in [3.8, 4) is 11.8 Å². The third-order valence-electron chi connectivity index (χ3n) is 6.26.